The van der Waals surface area contributed by atoms with Crippen LogP contribution in [0.2, 0.25) is 0 Å². The van der Waals surface area contributed by atoms with E-state index in [1.807, 2.05) is 45.0 Å². The van der Waals surface area contributed by atoms with Gasteiger partial charge in [0.1, 0.15) is 0 Å². The third kappa shape index (κ3) is 5.10. The van der Waals surface area contributed by atoms with Crippen LogP contribution in [-0.2, 0) is 17.1 Å². The smallest absolute Gasteiger partial charge is 0.373 e. The third-order valence-electron chi connectivity index (χ3n) is 3.30. The van der Waals surface area contributed by atoms with Crippen molar-refractivity contribution in [2.45, 2.75) is 37.0 Å². The van der Waals surface area contributed by atoms with Crippen LogP contribution in [0.25, 0.3) is 0 Å². The summed E-state index contributed by atoms with van der Waals surface area (Å²) in [4.78, 5) is 0. The van der Waals surface area contributed by atoms with Crippen LogP contribution in [0.15, 0.2) is 24.3 Å². The van der Waals surface area contributed by atoms with E-state index in [4.69, 9.17) is 48.1 Å². The predicted octanol–water partition coefficient (Wildman–Crippen LogP) is 5.20. The normalized spacial score (nSPS) is 14.1. The fraction of sp³-hybridized carbons (Fsp3) is 0.600. The summed E-state index contributed by atoms with van der Waals surface area (Å²) in [6, 6.07) is 7.48. The Morgan fingerprint density at radius 2 is 1.32 bits per heavy atom. The number of benzene rings is 1. The molecule has 1 aromatic rings. The van der Waals surface area contributed by atoms with Crippen molar-refractivity contribution in [1.29, 1.82) is 0 Å². The van der Waals surface area contributed by atoms with E-state index in [1.54, 1.807) is 0 Å². The van der Waals surface area contributed by atoms with Crippen LogP contribution in [0.4, 0.5) is 0 Å². The topological polar surface area (TPSA) is 27.7 Å². The molecule has 1 aromatic carbocycles. The van der Waals surface area contributed by atoms with Crippen LogP contribution >= 0.6 is 34.8 Å². The van der Waals surface area contributed by atoms with Gasteiger partial charge < -0.3 is 13.3 Å². The first kappa shape index (κ1) is 20.2. The van der Waals surface area contributed by atoms with E-state index in [9.17, 15) is 0 Å². The van der Waals surface area contributed by atoms with Crippen molar-refractivity contribution in [2.24, 2.45) is 0 Å². The molecule has 0 aliphatic carbocycles. The minimum absolute atomic E-state index is 0.00298. The second-order valence-electron chi connectivity index (χ2n) is 4.74. The molecule has 3 nitrogen and oxygen atoms in total. The van der Waals surface area contributed by atoms with Crippen molar-refractivity contribution in [3.05, 3.63) is 35.4 Å². The van der Waals surface area contributed by atoms with Gasteiger partial charge in [-0.1, -0.05) is 66.0 Å². The van der Waals surface area contributed by atoms with Crippen LogP contribution < -0.4 is 0 Å². The van der Waals surface area contributed by atoms with Gasteiger partial charge in [-0.15, -0.1) is 0 Å². The zero-order valence-corrected chi connectivity index (χ0v) is 16.6. The number of rotatable bonds is 8. The molecule has 0 amide bonds. The Morgan fingerprint density at radius 1 is 0.909 bits per heavy atom. The van der Waals surface area contributed by atoms with Gasteiger partial charge in [0, 0.05) is 25.4 Å². The lowest BCUT2D eigenvalue weighted by Crippen LogP contribution is -2.51. The van der Waals surface area contributed by atoms with Crippen LogP contribution in [0.3, 0.4) is 0 Å². The van der Waals surface area contributed by atoms with Gasteiger partial charge in [0.05, 0.1) is 5.54 Å². The molecule has 0 saturated heterocycles. The van der Waals surface area contributed by atoms with Crippen LogP contribution in [0.1, 0.15) is 44.4 Å². The molecule has 1 unspecified atom stereocenters. The van der Waals surface area contributed by atoms with Crippen LogP contribution in [0, 0.1) is 0 Å². The molecule has 126 valence electrons. The lowest BCUT2D eigenvalue weighted by atomic mass is 10.1. The van der Waals surface area contributed by atoms with Gasteiger partial charge in [-0.05, 0) is 26.3 Å². The highest BCUT2D eigenvalue weighted by molar-refractivity contribution is 6.66. The van der Waals surface area contributed by atoms with E-state index >= 15 is 0 Å². The van der Waals surface area contributed by atoms with E-state index in [2.05, 4.69) is 6.92 Å². The summed E-state index contributed by atoms with van der Waals surface area (Å²) < 4.78 is 16.4. The first-order chi connectivity index (χ1) is 10.3. The Bertz CT molecular complexity index is 431. The SMILES string of the molecule is CCO[Si](OCC)(OCC)C(C)c1ccc(C(Cl)(Cl)Cl)cc1. The molecule has 0 aromatic heterocycles. The largest absolute Gasteiger partial charge is 0.508 e. The monoisotopic (exact) mass is 384 g/mol. The maximum atomic E-state index is 5.94. The summed E-state index contributed by atoms with van der Waals surface area (Å²) in [6.45, 7) is 9.52. The number of halogens is 3. The van der Waals surface area contributed by atoms with E-state index < -0.39 is 12.6 Å². The van der Waals surface area contributed by atoms with Crippen molar-refractivity contribution in [2.75, 3.05) is 19.8 Å². The standard InChI is InChI=1S/C15H23Cl3O3Si/c1-5-19-22(20-6-2,21-7-3)12(4)13-8-10-14(11-9-13)15(16,17)18/h8-12H,5-7H2,1-4H3. The second kappa shape index (κ2) is 8.88. The molecule has 1 atom stereocenters. The fourth-order valence-corrected chi connectivity index (χ4v) is 5.45. The summed E-state index contributed by atoms with van der Waals surface area (Å²) in [7, 11) is -2.80. The number of alkyl halides is 3. The molecule has 0 heterocycles. The molecule has 0 saturated carbocycles. The lowest BCUT2D eigenvalue weighted by molar-refractivity contribution is 0.0633. The van der Waals surface area contributed by atoms with Gasteiger partial charge >= 0.3 is 8.80 Å². The van der Waals surface area contributed by atoms with E-state index in [0.717, 1.165) is 5.56 Å². The summed E-state index contributed by atoms with van der Waals surface area (Å²) >= 11 is 17.7. The minimum atomic E-state index is -2.80. The third-order valence-corrected chi connectivity index (χ3v) is 7.43. The summed E-state index contributed by atoms with van der Waals surface area (Å²) in [5.41, 5.74) is 1.67. The fourth-order valence-electron chi connectivity index (χ4n) is 2.27. The molecule has 0 radical (unpaired) electrons. The quantitative estimate of drug-likeness (QED) is 0.454. The highest BCUT2D eigenvalue weighted by atomic mass is 35.6. The van der Waals surface area contributed by atoms with Crippen molar-refractivity contribution in [3.8, 4) is 0 Å². The Balaban J connectivity index is 3.09. The number of hydrogen-bond acceptors (Lipinski definition) is 3. The lowest BCUT2D eigenvalue weighted by Gasteiger charge is -2.33. The minimum Gasteiger partial charge on any atom is -0.373 e. The van der Waals surface area contributed by atoms with Crippen molar-refractivity contribution >= 4 is 43.6 Å². The van der Waals surface area contributed by atoms with Gasteiger partial charge in [0.2, 0.25) is 3.79 Å². The zero-order chi connectivity index (χ0) is 16.8. The van der Waals surface area contributed by atoms with Gasteiger partial charge in [-0.2, -0.15) is 0 Å². The first-order valence-electron chi connectivity index (χ1n) is 7.39. The maximum Gasteiger partial charge on any atom is 0.508 e. The van der Waals surface area contributed by atoms with Crippen molar-refractivity contribution in [3.63, 3.8) is 0 Å². The van der Waals surface area contributed by atoms with Gasteiger partial charge in [-0.3, -0.25) is 0 Å². The average Bonchev–Trinajstić information content (AvgIpc) is 2.46. The molecular weight excluding hydrogens is 363 g/mol. The maximum absolute atomic E-state index is 5.94. The molecule has 22 heavy (non-hydrogen) atoms. The van der Waals surface area contributed by atoms with Gasteiger partial charge in [0.25, 0.3) is 0 Å². The summed E-state index contributed by atoms with van der Waals surface area (Å²) in [5.74, 6) is 0. The molecule has 0 fully saturated rings. The van der Waals surface area contributed by atoms with Gasteiger partial charge in [0.15, 0.2) is 0 Å². The highest BCUT2D eigenvalue weighted by Crippen LogP contribution is 2.39. The molecular formula is C15H23Cl3O3Si. The Labute approximate surface area is 149 Å². The highest BCUT2D eigenvalue weighted by Gasteiger charge is 2.47. The molecule has 0 N–H and O–H groups in total. The number of hydrogen-bond donors (Lipinski definition) is 0. The Morgan fingerprint density at radius 3 is 1.64 bits per heavy atom. The van der Waals surface area contributed by atoms with E-state index in [1.165, 1.54) is 0 Å². The molecule has 7 heteroatoms. The summed E-state index contributed by atoms with van der Waals surface area (Å²) in [6.07, 6.45) is 0. The second-order valence-corrected chi connectivity index (χ2v) is 9.96. The predicted molar refractivity (Wildman–Crippen MR) is 94.7 cm³/mol. The van der Waals surface area contributed by atoms with Crippen molar-refractivity contribution < 1.29 is 13.3 Å². The molecule has 0 bridgehead atoms. The molecule has 0 aliphatic rings. The molecule has 1 rings (SSSR count). The van der Waals surface area contributed by atoms with E-state index in [0.29, 0.717) is 25.4 Å². The Kier molecular flexibility index (Phi) is 8.16. The van der Waals surface area contributed by atoms with Crippen molar-refractivity contribution in [1.82, 2.24) is 0 Å². The average molecular weight is 386 g/mol. The molecule has 0 aliphatic heterocycles. The molecule has 0 spiro atoms. The summed E-state index contributed by atoms with van der Waals surface area (Å²) in [5, 5.41) is 0. The van der Waals surface area contributed by atoms with Crippen LogP contribution in [0.5, 0.6) is 0 Å². The first-order valence-corrected chi connectivity index (χ1v) is 10.3. The van der Waals surface area contributed by atoms with Crippen LogP contribution in [-0.4, -0.2) is 28.6 Å². The van der Waals surface area contributed by atoms with Gasteiger partial charge in [-0.25, -0.2) is 0 Å². The van der Waals surface area contributed by atoms with E-state index in [-0.39, 0.29) is 5.54 Å². The Hall–Kier alpha value is 0.187. The zero-order valence-electron chi connectivity index (χ0n) is 13.4.